The Morgan fingerprint density at radius 3 is 2.43 bits per heavy atom. The number of hydrogen-bond acceptors (Lipinski definition) is 6. The molecule has 0 saturated heterocycles. The molecular weight excluding hydrogens is 376 g/mol. The van der Waals surface area contributed by atoms with Crippen LogP contribution in [0.15, 0.2) is 29.6 Å². The molecule has 0 aliphatic carbocycles. The summed E-state index contributed by atoms with van der Waals surface area (Å²) >= 11 is 1.46. The number of rotatable bonds is 7. The first-order chi connectivity index (χ1) is 13.1. The van der Waals surface area contributed by atoms with Crippen molar-refractivity contribution in [3.8, 4) is 11.3 Å². The van der Waals surface area contributed by atoms with Crippen LogP contribution in [0.3, 0.4) is 0 Å². The fourth-order valence-corrected chi connectivity index (χ4v) is 3.02. The monoisotopic (exact) mass is 404 g/mol. The molecule has 2 rings (SSSR count). The molecule has 0 fully saturated rings. The number of nitrogens with zero attached hydrogens (tertiary/aromatic N) is 2. The number of likely N-dealkylation sites (N-methyl/N-ethyl adjacent to an activating group) is 1. The number of thiazole rings is 1. The number of ether oxygens (including phenoxy) is 1. The summed E-state index contributed by atoms with van der Waals surface area (Å²) in [6.07, 6.45) is -0.464. The van der Waals surface area contributed by atoms with E-state index in [0.29, 0.717) is 18.7 Å². The van der Waals surface area contributed by atoms with E-state index in [9.17, 15) is 9.59 Å². The Labute approximate surface area is 170 Å². The number of nitrogens with one attached hydrogen (secondary N) is 2. The second kappa shape index (κ2) is 9.66. The van der Waals surface area contributed by atoms with Crippen LogP contribution in [-0.2, 0) is 11.3 Å². The molecule has 0 bridgehead atoms. The van der Waals surface area contributed by atoms with Crippen LogP contribution in [0.4, 0.5) is 4.79 Å². The Hall–Kier alpha value is -2.45. The minimum atomic E-state index is -0.529. The van der Waals surface area contributed by atoms with E-state index in [2.05, 4.69) is 15.6 Å². The first kappa shape index (κ1) is 21.8. The topological polar surface area (TPSA) is 83.6 Å². The van der Waals surface area contributed by atoms with Crippen LogP contribution in [0.5, 0.6) is 0 Å². The number of hydrogen-bond donors (Lipinski definition) is 2. The lowest BCUT2D eigenvalue weighted by Crippen LogP contribution is -2.32. The fraction of sp³-hybridized carbons (Fsp3) is 0.450. The van der Waals surface area contributed by atoms with E-state index < -0.39 is 11.7 Å². The van der Waals surface area contributed by atoms with E-state index in [1.807, 2.05) is 57.3 Å². The summed E-state index contributed by atoms with van der Waals surface area (Å²) in [5.41, 5.74) is 1.82. The molecule has 2 amide bonds. The lowest BCUT2D eigenvalue weighted by Gasteiger charge is -2.19. The van der Waals surface area contributed by atoms with Gasteiger partial charge in [0.05, 0.1) is 12.2 Å². The average molecular weight is 405 g/mol. The van der Waals surface area contributed by atoms with Crippen LogP contribution in [0.25, 0.3) is 11.3 Å². The van der Waals surface area contributed by atoms with Crippen LogP contribution < -0.4 is 10.6 Å². The van der Waals surface area contributed by atoms with Crippen molar-refractivity contribution < 1.29 is 14.3 Å². The van der Waals surface area contributed by atoms with Crippen molar-refractivity contribution >= 4 is 23.3 Å². The Bertz CT molecular complexity index is 795. The first-order valence-corrected chi connectivity index (χ1v) is 9.96. The third-order valence-electron chi connectivity index (χ3n) is 3.62. The van der Waals surface area contributed by atoms with Crippen molar-refractivity contribution in [3.63, 3.8) is 0 Å². The van der Waals surface area contributed by atoms with Gasteiger partial charge < -0.3 is 20.3 Å². The third kappa shape index (κ3) is 7.28. The average Bonchev–Trinajstić information content (AvgIpc) is 3.07. The molecule has 152 valence electrons. The Morgan fingerprint density at radius 1 is 1.14 bits per heavy atom. The summed E-state index contributed by atoms with van der Waals surface area (Å²) in [7, 11) is 3.93. The highest BCUT2D eigenvalue weighted by molar-refractivity contribution is 7.09. The molecule has 0 atom stereocenters. The van der Waals surface area contributed by atoms with Crippen LogP contribution in [0.2, 0.25) is 0 Å². The molecule has 0 aliphatic heterocycles. The van der Waals surface area contributed by atoms with E-state index >= 15 is 0 Å². The molecule has 0 radical (unpaired) electrons. The molecule has 1 aromatic heterocycles. The maximum Gasteiger partial charge on any atom is 0.408 e. The van der Waals surface area contributed by atoms with Gasteiger partial charge >= 0.3 is 6.09 Å². The lowest BCUT2D eigenvalue weighted by atomic mass is 10.1. The molecule has 0 saturated carbocycles. The summed E-state index contributed by atoms with van der Waals surface area (Å²) in [6.45, 7) is 7.17. The standard InChI is InChI=1S/C20H28N4O3S/c1-20(2,3)27-19(26)22-12-17-23-16(13-28-17)14-6-8-15(9-7-14)18(25)21-10-11-24(4)5/h6-9,13H,10-12H2,1-5H3,(H,21,25)(H,22,26). The predicted molar refractivity (Wildman–Crippen MR) is 112 cm³/mol. The van der Waals surface area contributed by atoms with Gasteiger partial charge in [0.1, 0.15) is 10.6 Å². The van der Waals surface area contributed by atoms with Crippen LogP contribution in [0, 0.1) is 0 Å². The summed E-state index contributed by atoms with van der Waals surface area (Å²) in [5.74, 6) is -0.0890. The highest BCUT2D eigenvalue weighted by Gasteiger charge is 2.16. The summed E-state index contributed by atoms with van der Waals surface area (Å²) in [5, 5.41) is 8.31. The Kier molecular flexibility index (Phi) is 7.53. The highest BCUT2D eigenvalue weighted by atomic mass is 32.1. The van der Waals surface area contributed by atoms with Crippen LogP contribution in [-0.4, -0.2) is 54.7 Å². The molecule has 7 nitrogen and oxygen atoms in total. The molecule has 8 heteroatoms. The molecule has 0 aliphatic rings. The normalized spacial score (nSPS) is 11.4. The zero-order valence-corrected chi connectivity index (χ0v) is 17.9. The fourth-order valence-electron chi connectivity index (χ4n) is 2.27. The van der Waals surface area contributed by atoms with E-state index in [1.165, 1.54) is 11.3 Å². The van der Waals surface area contributed by atoms with E-state index in [4.69, 9.17) is 4.74 Å². The molecule has 0 unspecified atom stereocenters. The molecule has 0 spiro atoms. The minimum Gasteiger partial charge on any atom is -0.444 e. The molecule has 2 aromatic rings. The van der Waals surface area contributed by atoms with Crippen molar-refractivity contribution in [2.24, 2.45) is 0 Å². The smallest absolute Gasteiger partial charge is 0.408 e. The quantitative estimate of drug-likeness (QED) is 0.741. The van der Waals surface area contributed by atoms with Gasteiger partial charge in [-0.1, -0.05) is 12.1 Å². The minimum absolute atomic E-state index is 0.0890. The molecular formula is C20H28N4O3S. The van der Waals surface area contributed by atoms with Crippen molar-refractivity contribution in [1.29, 1.82) is 0 Å². The third-order valence-corrected chi connectivity index (χ3v) is 4.47. The van der Waals surface area contributed by atoms with Gasteiger partial charge in [-0.05, 0) is 47.0 Å². The highest BCUT2D eigenvalue weighted by Crippen LogP contribution is 2.22. The second-order valence-corrected chi connectivity index (χ2v) is 8.56. The molecule has 28 heavy (non-hydrogen) atoms. The summed E-state index contributed by atoms with van der Waals surface area (Å²) in [4.78, 5) is 30.4. The largest absolute Gasteiger partial charge is 0.444 e. The number of aromatic nitrogens is 1. The number of carbonyl (C=O) groups is 2. The Balaban J connectivity index is 1.90. The Morgan fingerprint density at radius 2 is 1.82 bits per heavy atom. The number of amides is 2. The van der Waals surface area contributed by atoms with E-state index in [0.717, 1.165) is 22.8 Å². The van der Waals surface area contributed by atoms with Gasteiger partial charge in [0.25, 0.3) is 5.91 Å². The predicted octanol–water partition coefficient (Wildman–Crippen LogP) is 3.13. The molecule has 2 N–H and O–H groups in total. The SMILES string of the molecule is CN(C)CCNC(=O)c1ccc(-c2csc(CNC(=O)OC(C)(C)C)n2)cc1. The summed E-state index contributed by atoms with van der Waals surface area (Å²) in [6, 6.07) is 7.33. The number of carbonyl (C=O) groups excluding carboxylic acids is 2. The maximum atomic E-state index is 12.1. The zero-order chi connectivity index (χ0) is 20.7. The van der Waals surface area contributed by atoms with Crippen LogP contribution in [0.1, 0.15) is 36.1 Å². The van der Waals surface area contributed by atoms with Crippen molar-refractivity contribution in [1.82, 2.24) is 20.5 Å². The van der Waals surface area contributed by atoms with E-state index in [1.54, 1.807) is 12.1 Å². The molecule has 1 aromatic carbocycles. The maximum absolute atomic E-state index is 12.1. The lowest BCUT2D eigenvalue weighted by molar-refractivity contribution is 0.0523. The first-order valence-electron chi connectivity index (χ1n) is 9.08. The van der Waals surface area contributed by atoms with Crippen LogP contribution >= 0.6 is 11.3 Å². The van der Waals surface area contributed by atoms with Crippen molar-refractivity contribution in [2.45, 2.75) is 32.9 Å². The zero-order valence-electron chi connectivity index (χ0n) is 17.0. The van der Waals surface area contributed by atoms with Crippen molar-refractivity contribution in [3.05, 3.63) is 40.2 Å². The van der Waals surface area contributed by atoms with E-state index in [-0.39, 0.29) is 5.91 Å². The van der Waals surface area contributed by atoms with Gasteiger partial charge in [-0.25, -0.2) is 9.78 Å². The van der Waals surface area contributed by atoms with Gasteiger partial charge in [-0.3, -0.25) is 4.79 Å². The molecule has 1 heterocycles. The van der Waals surface area contributed by atoms with Gasteiger partial charge in [-0.15, -0.1) is 11.3 Å². The second-order valence-electron chi connectivity index (χ2n) is 7.62. The van der Waals surface area contributed by atoms with Gasteiger partial charge in [-0.2, -0.15) is 0 Å². The number of alkyl carbamates (subject to hydrolysis) is 1. The van der Waals surface area contributed by atoms with Gasteiger partial charge in [0.2, 0.25) is 0 Å². The van der Waals surface area contributed by atoms with Gasteiger partial charge in [0.15, 0.2) is 0 Å². The number of benzene rings is 1. The van der Waals surface area contributed by atoms with Gasteiger partial charge in [0, 0.05) is 29.6 Å². The van der Waals surface area contributed by atoms with Crippen molar-refractivity contribution in [2.75, 3.05) is 27.2 Å². The summed E-state index contributed by atoms with van der Waals surface area (Å²) < 4.78 is 5.21.